The highest BCUT2D eigenvalue weighted by atomic mass is 19.1. The first-order chi connectivity index (χ1) is 12.6. The molecule has 0 saturated heterocycles. The van der Waals surface area contributed by atoms with E-state index < -0.39 is 0 Å². The van der Waals surface area contributed by atoms with Crippen LogP contribution in [0.1, 0.15) is 19.9 Å². The van der Waals surface area contributed by atoms with Gasteiger partial charge in [0, 0.05) is 41.3 Å². The number of hydrogen-bond donors (Lipinski definition) is 1. The Kier molecular flexibility index (Phi) is 4.08. The topological polar surface area (TPSA) is 55.6 Å². The second-order valence-electron chi connectivity index (χ2n) is 6.34. The number of fused-ring (bicyclic) bond motifs is 1. The quantitative estimate of drug-likeness (QED) is 0.567. The van der Waals surface area contributed by atoms with E-state index in [0.717, 1.165) is 22.2 Å². The summed E-state index contributed by atoms with van der Waals surface area (Å²) in [6.07, 6.45) is 7.44. The van der Waals surface area contributed by atoms with Crippen LogP contribution < -0.4 is 5.32 Å². The molecule has 4 aromatic rings. The van der Waals surface area contributed by atoms with E-state index in [1.54, 1.807) is 24.5 Å². The Morgan fingerprint density at radius 2 is 2.00 bits per heavy atom. The molecular formula is C20H18FN5. The number of anilines is 2. The van der Waals surface area contributed by atoms with Crippen LogP contribution in [0.5, 0.6) is 0 Å². The molecule has 0 spiro atoms. The zero-order valence-corrected chi connectivity index (χ0v) is 14.5. The fraction of sp³-hybridized carbons (Fsp3) is 0.150. The number of benzene rings is 1. The van der Waals surface area contributed by atoms with Crippen LogP contribution in [0.2, 0.25) is 0 Å². The maximum absolute atomic E-state index is 13.4. The van der Waals surface area contributed by atoms with Crippen LogP contribution in [-0.4, -0.2) is 19.5 Å². The van der Waals surface area contributed by atoms with Crippen molar-refractivity contribution in [2.24, 2.45) is 0 Å². The highest BCUT2D eigenvalue weighted by Gasteiger charge is 2.13. The highest BCUT2D eigenvalue weighted by Crippen LogP contribution is 2.31. The summed E-state index contributed by atoms with van der Waals surface area (Å²) in [5.74, 6) is 0.117. The molecule has 1 aromatic carbocycles. The average Bonchev–Trinajstić information content (AvgIpc) is 3.02. The van der Waals surface area contributed by atoms with Crippen LogP contribution in [0.3, 0.4) is 0 Å². The third kappa shape index (κ3) is 3.01. The fourth-order valence-electron chi connectivity index (χ4n) is 2.99. The Morgan fingerprint density at radius 3 is 2.81 bits per heavy atom. The normalized spacial score (nSPS) is 11.2. The van der Waals surface area contributed by atoms with Gasteiger partial charge >= 0.3 is 0 Å². The van der Waals surface area contributed by atoms with Gasteiger partial charge in [-0.2, -0.15) is 0 Å². The molecule has 0 aliphatic heterocycles. The van der Waals surface area contributed by atoms with E-state index >= 15 is 0 Å². The van der Waals surface area contributed by atoms with Crippen molar-refractivity contribution < 1.29 is 4.39 Å². The van der Waals surface area contributed by atoms with E-state index in [2.05, 4.69) is 44.9 Å². The first-order valence-corrected chi connectivity index (χ1v) is 8.42. The predicted molar refractivity (Wildman–Crippen MR) is 101 cm³/mol. The number of nitrogens with one attached hydrogen (secondary N) is 1. The second-order valence-corrected chi connectivity index (χ2v) is 6.34. The maximum atomic E-state index is 13.4. The van der Waals surface area contributed by atoms with E-state index in [9.17, 15) is 4.39 Å². The molecule has 0 atom stereocenters. The van der Waals surface area contributed by atoms with Gasteiger partial charge in [-0.25, -0.2) is 14.4 Å². The van der Waals surface area contributed by atoms with Gasteiger partial charge in [-0.15, -0.1) is 0 Å². The minimum Gasteiger partial charge on any atom is -0.343 e. The van der Waals surface area contributed by atoms with Gasteiger partial charge in [0.15, 0.2) is 0 Å². The van der Waals surface area contributed by atoms with Crippen molar-refractivity contribution in [3.8, 4) is 11.3 Å². The van der Waals surface area contributed by atoms with Gasteiger partial charge in [0.05, 0.1) is 17.4 Å². The van der Waals surface area contributed by atoms with Crippen molar-refractivity contribution in [3.05, 3.63) is 67.0 Å². The number of halogens is 1. The first kappa shape index (κ1) is 16.2. The molecular weight excluding hydrogens is 329 g/mol. The molecule has 0 aliphatic rings. The predicted octanol–water partition coefficient (Wildman–Crippen LogP) is 4.96. The summed E-state index contributed by atoms with van der Waals surface area (Å²) in [6, 6.07) is 10.4. The molecule has 0 amide bonds. The van der Waals surface area contributed by atoms with Crippen molar-refractivity contribution in [2.45, 2.75) is 19.9 Å². The van der Waals surface area contributed by atoms with Gasteiger partial charge < -0.3 is 9.88 Å². The van der Waals surface area contributed by atoms with Crippen LogP contribution in [0.4, 0.5) is 16.0 Å². The van der Waals surface area contributed by atoms with Gasteiger partial charge in [-0.1, -0.05) is 6.07 Å². The molecule has 6 heteroatoms. The third-order valence-electron chi connectivity index (χ3n) is 4.21. The fourth-order valence-corrected chi connectivity index (χ4v) is 2.99. The number of hydrogen-bond acceptors (Lipinski definition) is 4. The Morgan fingerprint density at radius 1 is 1.12 bits per heavy atom. The first-order valence-electron chi connectivity index (χ1n) is 8.42. The third-order valence-corrected chi connectivity index (χ3v) is 4.21. The molecule has 0 bridgehead atoms. The Balaban J connectivity index is 1.76. The van der Waals surface area contributed by atoms with Crippen LogP contribution in [0.15, 0.2) is 61.2 Å². The molecule has 4 rings (SSSR count). The molecule has 0 aliphatic carbocycles. The Hall–Kier alpha value is -3.28. The Labute approximate surface area is 150 Å². The lowest BCUT2D eigenvalue weighted by atomic mass is 10.1. The average molecular weight is 347 g/mol. The lowest BCUT2D eigenvalue weighted by Gasteiger charge is -2.08. The van der Waals surface area contributed by atoms with E-state index in [1.165, 1.54) is 12.1 Å². The van der Waals surface area contributed by atoms with Gasteiger partial charge in [-0.05, 0) is 44.2 Å². The van der Waals surface area contributed by atoms with Gasteiger partial charge in [0.2, 0.25) is 5.95 Å². The standard InChI is InChI=1S/C20H18FN5/c1-13(2)26-12-17(16-6-8-22-11-19(16)26)18-7-9-23-20(25-18)24-15-5-3-4-14(21)10-15/h3-13H,1-2H3,(H,23,24,25). The summed E-state index contributed by atoms with van der Waals surface area (Å²) in [5, 5.41) is 4.14. The molecule has 0 unspecified atom stereocenters. The van der Waals surface area contributed by atoms with Crippen molar-refractivity contribution in [1.82, 2.24) is 19.5 Å². The van der Waals surface area contributed by atoms with Gasteiger partial charge in [0.1, 0.15) is 5.82 Å². The van der Waals surface area contributed by atoms with Crippen molar-refractivity contribution >= 4 is 22.5 Å². The molecule has 0 saturated carbocycles. The van der Waals surface area contributed by atoms with E-state index in [0.29, 0.717) is 17.7 Å². The zero-order valence-electron chi connectivity index (χ0n) is 14.5. The number of pyridine rings is 1. The van der Waals surface area contributed by atoms with Gasteiger partial charge in [-0.3, -0.25) is 4.98 Å². The molecule has 5 nitrogen and oxygen atoms in total. The van der Waals surface area contributed by atoms with Crippen LogP contribution in [-0.2, 0) is 0 Å². The summed E-state index contributed by atoms with van der Waals surface area (Å²) in [5.41, 5.74) is 3.49. The minimum atomic E-state index is -0.307. The maximum Gasteiger partial charge on any atom is 0.227 e. The Bertz CT molecular complexity index is 1070. The van der Waals surface area contributed by atoms with Crippen molar-refractivity contribution in [1.29, 1.82) is 0 Å². The highest BCUT2D eigenvalue weighted by molar-refractivity contribution is 5.94. The lowest BCUT2D eigenvalue weighted by Crippen LogP contribution is -1.99. The van der Waals surface area contributed by atoms with E-state index in [-0.39, 0.29) is 5.82 Å². The number of nitrogens with zero attached hydrogens (tertiary/aromatic N) is 4. The number of aromatic nitrogens is 4. The smallest absolute Gasteiger partial charge is 0.227 e. The van der Waals surface area contributed by atoms with Crippen LogP contribution in [0.25, 0.3) is 22.2 Å². The minimum absolute atomic E-state index is 0.307. The van der Waals surface area contributed by atoms with Crippen molar-refractivity contribution in [3.63, 3.8) is 0 Å². The molecule has 0 fully saturated rings. The second kappa shape index (κ2) is 6.55. The van der Waals surface area contributed by atoms with Gasteiger partial charge in [0.25, 0.3) is 0 Å². The molecule has 3 heterocycles. The summed E-state index contributed by atoms with van der Waals surface area (Å²) in [6.45, 7) is 4.26. The summed E-state index contributed by atoms with van der Waals surface area (Å²) < 4.78 is 15.6. The summed E-state index contributed by atoms with van der Waals surface area (Å²) >= 11 is 0. The van der Waals surface area contributed by atoms with Crippen LogP contribution >= 0.6 is 0 Å². The molecule has 3 aromatic heterocycles. The molecule has 130 valence electrons. The zero-order chi connectivity index (χ0) is 18.1. The SMILES string of the molecule is CC(C)n1cc(-c2ccnc(Nc3cccc(F)c3)n2)c2ccncc21. The largest absolute Gasteiger partial charge is 0.343 e. The van der Waals surface area contributed by atoms with E-state index in [4.69, 9.17) is 0 Å². The molecule has 26 heavy (non-hydrogen) atoms. The van der Waals surface area contributed by atoms with Crippen molar-refractivity contribution in [2.75, 3.05) is 5.32 Å². The van der Waals surface area contributed by atoms with E-state index in [1.807, 2.05) is 18.3 Å². The summed E-state index contributed by atoms with van der Waals surface area (Å²) in [7, 11) is 0. The van der Waals surface area contributed by atoms with Crippen LogP contribution in [0, 0.1) is 5.82 Å². The number of rotatable bonds is 4. The lowest BCUT2D eigenvalue weighted by molar-refractivity contribution is 0.622. The molecule has 1 N–H and O–H groups in total. The summed E-state index contributed by atoms with van der Waals surface area (Å²) in [4.78, 5) is 13.1. The monoisotopic (exact) mass is 347 g/mol. The molecule has 0 radical (unpaired) electrons.